The molecule has 20 heavy (non-hydrogen) atoms. The molecule has 108 valence electrons. The number of halogens is 1. The molecule has 2 bridgehead atoms. The summed E-state index contributed by atoms with van der Waals surface area (Å²) < 4.78 is 11.2. The Morgan fingerprint density at radius 3 is 2.50 bits per heavy atom. The molecule has 0 aromatic heterocycles. The fraction of sp³-hybridized carbons (Fsp3) is 0.625. The third-order valence-corrected chi connectivity index (χ3v) is 5.60. The molecule has 0 radical (unpaired) electrons. The van der Waals surface area contributed by atoms with Crippen LogP contribution in [-0.4, -0.2) is 13.2 Å². The Morgan fingerprint density at radius 2 is 1.85 bits per heavy atom. The van der Waals surface area contributed by atoms with Gasteiger partial charge < -0.3 is 15.2 Å². The third kappa shape index (κ3) is 1.99. The molecule has 2 aliphatic carbocycles. The van der Waals surface area contributed by atoms with Crippen LogP contribution in [0.15, 0.2) is 12.1 Å². The first-order chi connectivity index (χ1) is 9.72. The van der Waals surface area contributed by atoms with Crippen LogP contribution in [0.4, 0.5) is 0 Å². The molecule has 4 heteroatoms. The molecule has 2 saturated carbocycles. The number of hydrogen-bond donors (Lipinski definition) is 1. The van der Waals surface area contributed by atoms with Crippen LogP contribution in [0.1, 0.15) is 37.3 Å². The van der Waals surface area contributed by atoms with E-state index in [4.69, 9.17) is 26.8 Å². The van der Waals surface area contributed by atoms with Gasteiger partial charge in [0.2, 0.25) is 0 Å². The zero-order chi connectivity index (χ0) is 13.7. The molecule has 0 saturated heterocycles. The van der Waals surface area contributed by atoms with E-state index >= 15 is 0 Å². The quantitative estimate of drug-likeness (QED) is 0.907. The van der Waals surface area contributed by atoms with Crippen molar-refractivity contribution in [3.05, 3.63) is 22.7 Å². The van der Waals surface area contributed by atoms with Gasteiger partial charge >= 0.3 is 0 Å². The first-order valence-electron chi connectivity index (χ1n) is 7.57. The highest BCUT2D eigenvalue weighted by Gasteiger charge is 2.43. The lowest BCUT2D eigenvalue weighted by atomic mass is 9.81. The molecule has 2 N–H and O–H groups in total. The molecule has 2 fully saturated rings. The third-order valence-electron chi connectivity index (χ3n) is 5.27. The smallest absolute Gasteiger partial charge is 0.162 e. The van der Waals surface area contributed by atoms with Crippen LogP contribution >= 0.6 is 11.6 Å². The lowest BCUT2D eigenvalue weighted by molar-refractivity contribution is 0.171. The molecule has 1 aromatic rings. The normalized spacial score (nSPS) is 32.4. The van der Waals surface area contributed by atoms with E-state index in [0.29, 0.717) is 24.2 Å². The summed E-state index contributed by atoms with van der Waals surface area (Å²) in [5, 5.41) is 0.713. The number of fused-ring (bicyclic) bond motifs is 3. The van der Waals surface area contributed by atoms with E-state index in [-0.39, 0.29) is 6.04 Å². The minimum absolute atomic E-state index is 0.0219. The lowest BCUT2D eigenvalue weighted by Gasteiger charge is -2.29. The van der Waals surface area contributed by atoms with Crippen LogP contribution in [0.5, 0.6) is 11.5 Å². The van der Waals surface area contributed by atoms with E-state index in [9.17, 15) is 0 Å². The van der Waals surface area contributed by atoms with E-state index < -0.39 is 0 Å². The van der Waals surface area contributed by atoms with Crippen molar-refractivity contribution >= 4 is 11.6 Å². The summed E-state index contributed by atoms with van der Waals surface area (Å²) in [5.41, 5.74) is 7.56. The maximum absolute atomic E-state index is 6.54. The van der Waals surface area contributed by atoms with E-state index in [1.807, 2.05) is 12.1 Å². The average Bonchev–Trinajstić information content (AvgIpc) is 3.08. The molecule has 4 unspecified atom stereocenters. The van der Waals surface area contributed by atoms with Crippen molar-refractivity contribution < 1.29 is 9.47 Å². The van der Waals surface area contributed by atoms with Crippen molar-refractivity contribution in [2.24, 2.45) is 23.5 Å². The van der Waals surface area contributed by atoms with Crippen LogP contribution in [0.3, 0.4) is 0 Å². The topological polar surface area (TPSA) is 44.5 Å². The van der Waals surface area contributed by atoms with Gasteiger partial charge in [-0.15, -0.1) is 0 Å². The Balaban J connectivity index is 1.64. The Morgan fingerprint density at radius 1 is 1.10 bits per heavy atom. The Hall–Kier alpha value is -0.930. The molecule has 1 heterocycles. The van der Waals surface area contributed by atoms with Crippen molar-refractivity contribution in [1.29, 1.82) is 0 Å². The zero-order valence-corrected chi connectivity index (χ0v) is 12.2. The molecule has 1 aliphatic heterocycles. The average molecular weight is 294 g/mol. The van der Waals surface area contributed by atoms with Gasteiger partial charge in [-0.3, -0.25) is 0 Å². The molecule has 0 amide bonds. The van der Waals surface area contributed by atoms with E-state index in [0.717, 1.165) is 28.9 Å². The molecular weight excluding hydrogens is 274 g/mol. The van der Waals surface area contributed by atoms with Gasteiger partial charge in [0.15, 0.2) is 11.5 Å². The van der Waals surface area contributed by atoms with Crippen molar-refractivity contribution in [2.75, 3.05) is 13.2 Å². The van der Waals surface area contributed by atoms with Gasteiger partial charge in [0.1, 0.15) is 13.2 Å². The van der Waals surface area contributed by atoms with E-state index in [1.54, 1.807) is 0 Å². The maximum Gasteiger partial charge on any atom is 0.162 e. The summed E-state index contributed by atoms with van der Waals surface area (Å²) in [6, 6.07) is 3.87. The summed E-state index contributed by atoms with van der Waals surface area (Å²) in [4.78, 5) is 0. The highest BCUT2D eigenvalue weighted by atomic mass is 35.5. The second-order valence-electron chi connectivity index (χ2n) is 6.38. The molecule has 3 nitrogen and oxygen atoms in total. The Labute approximate surface area is 124 Å². The summed E-state index contributed by atoms with van der Waals surface area (Å²) in [6.07, 6.45) is 5.35. The molecule has 3 aliphatic rings. The van der Waals surface area contributed by atoms with Crippen molar-refractivity contribution in [2.45, 2.75) is 31.7 Å². The molecule has 4 rings (SSSR count). The fourth-order valence-corrected chi connectivity index (χ4v) is 4.58. The minimum Gasteiger partial charge on any atom is -0.486 e. The van der Waals surface area contributed by atoms with Gasteiger partial charge in [-0.25, -0.2) is 0 Å². The van der Waals surface area contributed by atoms with Crippen LogP contribution in [0.25, 0.3) is 0 Å². The standard InChI is InChI=1S/C16H20ClNO2/c17-13-8-15-14(19-3-4-20-15)7-12(13)16(18)11-6-9-1-2-10(11)5-9/h7-11,16H,1-6,18H2. The van der Waals surface area contributed by atoms with Crippen molar-refractivity contribution in [3.8, 4) is 11.5 Å². The predicted molar refractivity (Wildman–Crippen MR) is 78.3 cm³/mol. The Bertz CT molecular complexity index is 533. The highest BCUT2D eigenvalue weighted by Crippen LogP contribution is 2.53. The summed E-state index contributed by atoms with van der Waals surface area (Å²) in [5.74, 6) is 3.79. The maximum atomic E-state index is 6.54. The number of benzene rings is 1. The molecule has 0 spiro atoms. The Kier molecular flexibility index (Phi) is 3.08. The second kappa shape index (κ2) is 4.81. The van der Waals surface area contributed by atoms with Crippen LogP contribution < -0.4 is 15.2 Å². The SMILES string of the molecule is NC(c1cc2c(cc1Cl)OCCO2)C1CC2CCC1C2. The first-order valence-corrected chi connectivity index (χ1v) is 7.95. The van der Waals surface area contributed by atoms with Gasteiger partial charge in [-0.2, -0.15) is 0 Å². The van der Waals surface area contributed by atoms with E-state index in [1.165, 1.54) is 25.7 Å². The zero-order valence-electron chi connectivity index (χ0n) is 11.5. The van der Waals surface area contributed by atoms with Gasteiger partial charge in [-0.1, -0.05) is 18.0 Å². The molecular formula is C16H20ClNO2. The lowest BCUT2D eigenvalue weighted by Crippen LogP contribution is -2.26. The van der Waals surface area contributed by atoms with E-state index in [2.05, 4.69) is 0 Å². The minimum atomic E-state index is 0.0219. The van der Waals surface area contributed by atoms with Crippen LogP contribution in [0.2, 0.25) is 5.02 Å². The van der Waals surface area contributed by atoms with Gasteiger partial charge in [0.25, 0.3) is 0 Å². The van der Waals surface area contributed by atoms with Crippen LogP contribution in [0, 0.1) is 17.8 Å². The highest BCUT2D eigenvalue weighted by molar-refractivity contribution is 6.31. The van der Waals surface area contributed by atoms with Crippen molar-refractivity contribution in [1.82, 2.24) is 0 Å². The number of hydrogen-bond acceptors (Lipinski definition) is 3. The molecule has 1 aromatic carbocycles. The predicted octanol–water partition coefficient (Wildman–Crippen LogP) is 3.55. The fourth-order valence-electron chi connectivity index (χ4n) is 4.30. The number of rotatable bonds is 2. The number of ether oxygens (including phenoxy) is 2. The summed E-state index contributed by atoms with van der Waals surface area (Å²) in [7, 11) is 0. The summed E-state index contributed by atoms with van der Waals surface area (Å²) >= 11 is 6.42. The monoisotopic (exact) mass is 293 g/mol. The first kappa shape index (κ1) is 12.8. The van der Waals surface area contributed by atoms with Gasteiger partial charge in [0, 0.05) is 17.1 Å². The summed E-state index contributed by atoms with van der Waals surface area (Å²) in [6.45, 7) is 1.18. The largest absolute Gasteiger partial charge is 0.486 e. The van der Waals surface area contributed by atoms with Gasteiger partial charge in [0.05, 0.1) is 0 Å². The number of nitrogens with two attached hydrogens (primary N) is 1. The van der Waals surface area contributed by atoms with Gasteiger partial charge in [-0.05, 0) is 48.6 Å². The van der Waals surface area contributed by atoms with Crippen LogP contribution in [-0.2, 0) is 0 Å². The second-order valence-corrected chi connectivity index (χ2v) is 6.79. The molecule has 4 atom stereocenters. The van der Waals surface area contributed by atoms with Crippen molar-refractivity contribution in [3.63, 3.8) is 0 Å².